The fourth-order valence-electron chi connectivity index (χ4n) is 4.70. The van der Waals surface area contributed by atoms with Gasteiger partial charge in [0.05, 0.1) is 6.42 Å². The molecule has 0 saturated heterocycles. The van der Waals surface area contributed by atoms with Gasteiger partial charge < -0.3 is 30.7 Å². The Hall–Kier alpha value is -4.86. The van der Waals surface area contributed by atoms with Crippen LogP contribution in [0.1, 0.15) is 59.8 Å². The third-order valence-corrected chi connectivity index (χ3v) is 6.88. The van der Waals surface area contributed by atoms with Gasteiger partial charge in [0.1, 0.15) is 11.6 Å². The maximum absolute atomic E-state index is 13.3. The van der Waals surface area contributed by atoms with Gasteiger partial charge in [-0.15, -0.1) is 0 Å². The van der Waals surface area contributed by atoms with E-state index in [1.54, 1.807) is 43.9 Å². The summed E-state index contributed by atoms with van der Waals surface area (Å²) in [5.74, 6) is -1.67. The summed E-state index contributed by atoms with van der Waals surface area (Å²) >= 11 is 0. The second kappa shape index (κ2) is 13.9. The summed E-state index contributed by atoms with van der Waals surface area (Å²) in [6.45, 7) is 6.76. The van der Waals surface area contributed by atoms with Crippen molar-refractivity contribution in [2.24, 2.45) is 0 Å². The van der Waals surface area contributed by atoms with Gasteiger partial charge in [-0.2, -0.15) is 0 Å². The van der Waals surface area contributed by atoms with E-state index in [-0.39, 0.29) is 24.8 Å². The standard InChI is InChI=1S/C33H38N4O6/c1-33(2,3)43-32(42)35-20-24-11-9-23(10-12-24)19-34-30(40)25-13-14-26-21-37(16-15-22-7-5-4-6-8-22)31(41)28(18-29(38)39)36-27(26)17-25/h4-14,17,28,36H,15-16,18-21H2,1-3H3,(H,34,40)(H,35,42)(H,38,39)/t28-/m1/s1. The van der Waals surface area contributed by atoms with E-state index in [4.69, 9.17) is 4.74 Å². The molecule has 1 aliphatic rings. The number of nitrogens with zero attached hydrogens (tertiary/aromatic N) is 1. The number of ether oxygens (including phenoxy) is 1. The molecule has 3 amide bonds. The van der Waals surface area contributed by atoms with Crippen LogP contribution in [-0.2, 0) is 40.4 Å². The Kier molecular flexibility index (Phi) is 10.0. The SMILES string of the molecule is CC(C)(C)OC(=O)NCc1ccc(CNC(=O)c2ccc3c(c2)N[C@H](CC(=O)O)C(=O)N(CCc2ccccc2)C3)cc1. The van der Waals surface area contributed by atoms with Gasteiger partial charge in [-0.05, 0) is 61.6 Å². The molecule has 10 nitrogen and oxygen atoms in total. The molecule has 3 aromatic carbocycles. The molecule has 0 bridgehead atoms. The van der Waals surface area contributed by atoms with Crippen molar-refractivity contribution in [3.63, 3.8) is 0 Å². The van der Waals surface area contributed by atoms with Gasteiger partial charge in [-0.25, -0.2) is 4.79 Å². The lowest BCUT2D eigenvalue weighted by Crippen LogP contribution is -2.42. The second-order valence-corrected chi connectivity index (χ2v) is 11.5. The fraction of sp³-hybridized carbons (Fsp3) is 0.333. The molecule has 0 aromatic heterocycles. The predicted molar refractivity (Wildman–Crippen MR) is 162 cm³/mol. The molecule has 10 heteroatoms. The van der Waals surface area contributed by atoms with Crippen molar-refractivity contribution in [3.8, 4) is 0 Å². The first kappa shape index (κ1) is 31.1. The van der Waals surface area contributed by atoms with Gasteiger partial charge >= 0.3 is 12.1 Å². The third-order valence-electron chi connectivity index (χ3n) is 6.88. The number of anilines is 1. The highest BCUT2D eigenvalue weighted by molar-refractivity contribution is 5.96. The number of alkyl carbamates (subject to hydrolysis) is 1. The summed E-state index contributed by atoms with van der Waals surface area (Å²) < 4.78 is 5.25. The van der Waals surface area contributed by atoms with Crippen LogP contribution in [0, 0.1) is 0 Å². The number of carboxylic acids is 1. The van der Waals surface area contributed by atoms with Gasteiger partial charge in [0.25, 0.3) is 5.91 Å². The van der Waals surface area contributed by atoms with Crippen LogP contribution in [0.5, 0.6) is 0 Å². The van der Waals surface area contributed by atoms with Gasteiger partial charge in [-0.3, -0.25) is 14.4 Å². The normalized spacial score (nSPS) is 14.6. The van der Waals surface area contributed by atoms with Crippen molar-refractivity contribution in [2.45, 2.75) is 64.9 Å². The Labute approximate surface area is 251 Å². The summed E-state index contributed by atoms with van der Waals surface area (Å²) in [4.78, 5) is 51.4. The minimum Gasteiger partial charge on any atom is -0.481 e. The van der Waals surface area contributed by atoms with E-state index in [1.165, 1.54) is 0 Å². The van der Waals surface area contributed by atoms with Crippen LogP contribution in [0.25, 0.3) is 0 Å². The zero-order valence-corrected chi connectivity index (χ0v) is 24.7. The number of aliphatic carboxylic acids is 1. The molecule has 1 aliphatic heterocycles. The first-order valence-electron chi connectivity index (χ1n) is 14.2. The topological polar surface area (TPSA) is 137 Å². The van der Waals surface area contributed by atoms with Crippen LogP contribution in [0.15, 0.2) is 72.8 Å². The summed E-state index contributed by atoms with van der Waals surface area (Å²) in [6, 6.07) is 21.5. The predicted octanol–water partition coefficient (Wildman–Crippen LogP) is 4.48. The fourth-order valence-corrected chi connectivity index (χ4v) is 4.70. The molecule has 1 atom stereocenters. The number of fused-ring (bicyclic) bond motifs is 1. The molecule has 0 spiro atoms. The van der Waals surface area contributed by atoms with Crippen molar-refractivity contribution < 1.29 is 29.0 Å². The summed E-state index contributed by atoms with van der Waals surface area (Å²) in [5, 5.41) is 18.2. The zero-order valence-electron chi connectivity index (χ0n) is 24.7. The number of amides is 3. The highest BCUT2D eigenvalue weighted by atomic mass is 16.6. The minimum absolute atomic E-state index is 0.287. The molecule has 4 N–H and O–H groups in total. The number of hydrogen-bond acceptors (Lipinski definition) is 6. The highest BCUT2D eigenvalue weighted by Gasteiger charge is 2.31. The molecular formula is C33H38N4O6. The van der Waals surface area contributed by atoms with E-state index in [1.807, 2.05) is 54.6 Å². The number of rotatable bonds is 10. The number of carbonyl (C=O) groups excluding carboxylic acids is 3. The maximum atomic E-state index is 13.3. The molecule has 0 fully saturated rings. The number of benzene rings is 3. The third kappa shape index (κ3) is 9.32. The van der Waals surface area contributed by atoms with E-state index in [0.29, 0.717) is 37.3 Å². The molecule has 0 unspecified atom stereocenters. The summed E-state index contributed by atoms with van der Waals surface area (Å²) in [5.41, 5.74) is 4.05. The number of carbonyl (C=O) groups is 4. The molecule has 0 aliphatic carbocycles. The Balaban J connectivity index is 1.38. The van der Waals surface area contributed by atoms with Crippen LogP contribution in [0.2, 0.25) is 0 Å². The average Bonchev–Trinajstić information content (AvgIpc) is 3.09. The quantitative estimate of drug-likeness (QED) is 0.275. The Morgan fingerprint density at radius 1 is 0.930 bits per heavy atom. The first-order valence-corrected chi connectivity index (χ1v) is 14.2. The summed E-state index contributed by atoms with van der Waals surface area (Å²) in [7, 11) is 0. The Bertz CT molecular complexity index is 1450. The van der Waals surface area contributed by atoms with Crippen molar-refractivity contribution in [3.05, 3.63) is 101 Å². The Morgan fingerprint density at radius 3 is 2.21 bits per heavy atom. The molecule has 3 aromatic rings. The van der Waals surface area contributed by atoms with Gasteiger partial charge in [0.2, 0.25) is 5.91 Å². The number of carboxylic acid groups (broad SMARTS) is 1. The van der Waals surface area contributed by atoms with Gasteiger partial charge in [-0.1, -0.05) is 60.7 Å². The van der Waals surface area contributed by atoms with Crippen LogP contribution in [-0.4, -0.2) is 52.1 Å². The number of hydrogen-bond donors (Lipinski definition) is 4. The van der Waals surface area contributed by atoms with Crippen LogP contribution in [0.3, 0.4) is 0 Å². The molecular weight excluding hydrogens is 548 g/mol. The van der Waals surface area contributed by atoms with E-state index in [9.17, 15) is 24.3 Å². The monoisotopic (exact) mass is 586 g/mol. The first-order chi connectivity index (χ1) is 20.5. The smallest absolute Gasteiger partial charge is 0.407 e. The van der Waals surface area contributed by atoms with Crippen LogP contribution >= 0.6 is 0 Å². The van der Waals surface area contributed by atoms with Crippen molar-refractivity contribution in [1.29, 1.82) is 0 Å². The van der Waals surface area contributed by atoms with Gasteiger partial charge in [0.15, 0.2) is 0 Å². The largest absolute Gasteiger partial charge is 0.481 e. The minimum atomic E-state index is -1.09. The van der Waals surface area contributed by atoms with Crippen LogP contribution in [0.4, 0.5) is 10.5 Å². The van der Waals surface area contributed by atoms with Crippen molar-refractivity contribution in [2.75, 3.05) is 11.9 Å². The highest BCUT2D eigenvalue weighted by Crippen LogP contribution is 2.26. The molecule has 0 radical (unpaired) electrons. The summed E-state index contributed by atoms with van der Waals surface area (Å²) in [6.07, 6.45) is -0.221. The second-order valence-electron chi connectivity index (χ2n) is 11.5. The van der Waals surface area contributed by atoms with Crippen molar-refractivity contribution >= 4 is 29.6 Å². The number of nitrogens with one attached hydrogen (secondary N) is 3. The van der Waals surface area contributed by atoms with E-state index >= 15 is 0 Å². The lowest BCUT2D eigenvalue weighted by atomic mass is 10.1. The van der Waals surface area contributed by atoms with E-state index < -0.39 is 23.7 Å². The Morgan fingerprint density at radius 2 is 1.58 bits per heavy atom. The molecule has 4 rings (SSSR count). The maximum Gasteiger partial charge on any atom is 0.407 e. The molecule has 43 heavy (non-hydrogen) atoms. The molecule has 1 heterocycles. The van der Waals surface area contributed by atoms with E-state index in [0.717, 1.165) is 22.3 Å². The van der Waals surface area contributed by atoms with Gasteiger partial charge in [0, 0.05) is 37.4 Å². The lowest BCUT2D eigenvalue weighted by Gasteiger charge is -2.24. The van der Waals surface area contributed by atoms with Crippen LogP contribution < -0.4 is 16.0 Å². The van der Waals surface area contributed by atoms with Crippen molar-refractivity contribution in [1.82, 2.24) is 15.5 Å². The molecule has 0 saturated carbocycles. The lowest BCUT2D eigenvalue weighted by molar-refractivity contribution is -0.141. The zero-order chi connectivity index (χ0) is 31.0. The average molecular weight is 587 g/mol. The molecule has 226 valence electrons. The van der Waals surface area contributed by atoms with E-state index in [2.05, 4.69) is 16.0 Å².